The Labute approximate surface area is 167 Å². The SMILES string of the molecule is CCCS(=O)(=O)N1CCC(NC(=NC)NCCc2nc(C(F)(F)F)cs2)CC1. The van der Waals surface area contributed by atoms with E-state index in [1.165, 1.54) is 4.31 Å². The molecule has 1 aromatic heterocycles. The van der Waals surface area contributed by atoms with E-state index in [1.54, 1.807) is 7.05 Å². The summed E-state index contributed by atoms with van der Waals surface area (Å²) in [6.07, 6.45) is -2.12. The summed E-state index contributed by atoms with van der Waals surface area (Å²) < 4.78 is 63.5. The van der Waals surface area contributed by atoms with Crippen LogP contribution in [0.15, 0.2) is 10.4 Å². The second-order valence-electron chi connectivity index (χ2n) is 6.51. The Bertz CT molecular complexity index is 757. The van der Waals surface area contributed by atoms with E-state index in [0.717, 1.165) is 16.7 Å². The number of piperidine rings is 1. The van der Waals surface area contributed by atoms with E-state index in [-0.39, 0.29) is 11.8 Å². The van der Waals surface area contributed by atoms with Crippen LogP contribution in [0.3, 0.4) is 0 Å². The first-order chi connectivity index (χ1) is 13.2. The number of nitrogens with one attached hydrogen (secondary N) is 2. The number of rotatable bonds is 7. The van der Waals surface area contributed by atoms with Crippen molar-refractivity contribution in [2.75, 3.05) is 32.4 Å². The summed E-state index contributed by atoms with van der Waals surface area (Å²) in [6.45, 7) is 3.18. The Hall–Kier alpha value is -1.40. The summed E-state index contributed by atoms with van der Waals surface area (Å²) in [5.41, 5.74) is -0.861. The highest BCUT2D eigenvalue weighted by molar-refractivity contribution is 7.89. The second kappa shape index (κ2) is 9.88. The molecule has 1 fully saturated rings. The third-order valence-electron chi connectivity index (χ3n) is 4.35. The van der Waals surface area contributed by atoms with Crippen LogP contribution >= 0.6 is 11.3 Å². The molecule has 0 radical (unpaired) electrons. The van der Waals surface area contributed by atoms with Crippen LogP contribution in [0.4, 0.5) is 13.2 Å². The molecule has 28 heavy (non-hydrogen) atoms. The van der Waals surface area contributed by atoms with Crippen LogP contribution < -0.4 is 10.6 Å². The Balaban J connectivity index is 1.76. The van der Waals surface area contributed by atoms with Crippen molar-refractivity contribution in [1.82, 2.24) is 19.9 Å². The summed E-state index contributed by atoms with van der Waals surface area (Å²) in [5.74, 6) is 0.712. The molecule has 0 amide bonds. The Morgan fingerprint density at radius 3 is 2.61 bits per heavy atom. The summed E-state index contributed by atoms with van der Waals surface area (Å²) >= 11 is 0.984. The molecule has 2 heterocycles. The third kappa shape index (κ3) is 6.59. The zero-order chi connectivity index (χ0) is 20.8. The highest BCUT2D eigenvalue weighted by Crippen LogP contribution is 2.30. The van der Waals surface area contributed by atoms with E-state index in [1.807, 2.05) is 6.92 Å². The van der Waals surface area contributed by atoms with Crippen molar-refractivity contribution in [1.29, 1.82) is 0 Å². The Kier molecular flexibility index (Phi) is 8.07. The lowest BCUT2D eigenvalue weighted by atomic mass is 10.1. The highest BCUT2D eigenvalue weighted by Gasteiger charge is 2.33. The van der Waals surface area contributed by atoms with Gasteiger partial charge in [-0.05, 0) is 19.3 Å². The van der Waals surface area contributed by atoms with Gasteiger partial charge >= 0.3 is 6.18 Å². The molecule has 2 rings (SSSR count). The Morgan fingerprint density at radius 2 is 2.07 bits per heavy atom. The van der Waals surface area contributed by atoms with Gasteiger partial charge in [-0.1, -0.05) is 6.92 Å². The van der Waals surface area contributed by atoms with Crippen molar-refractivity contribution < 1.29 is 21.6 Å². The smallest absolute Gasteiger partial charge is 0.356 e. The first kappa shape index (κ1) is 22.9. The average Bonchev–Trinajstić information content (AvgIpc) is 3.10. The van der Waals surface area contributed by atoms with E-state index in [4.69, 9.17) is 0 Å². The molecule has 1 saturated heterocycles. The normalized spacial score (nSPS) is 17.7. The molecule has 1 aliphatic heterocycles. The lowest BCUT2D eigenvalue weighted by Crippen LogP contribution is -2.50. The summed E-state index contributed by atoms with van der Waals surface area (Å²) in [4.78, 5) is 7.72. The highest BCUT2D eigenvalue weighted by atomic mass is 32.2. The first-order valence-electron chi connectivity index (χ1n) is 9.12. The van der Waals surface area contributed by atoms with E-state index in [2.05, 4.69) is 20.6 Å². The molecule has 0 atom stereocenters. The van der Waals surface area contributed by atoms with Crippen molar-refractivity contribution in [3.8, 4) is 0 Å². The van der Waals surface area contributed by atoms with Gasteiger partial charge in [0.1, 0.15) is 0 Å². The Morgan fingerprint density at radius 1 is 1.39 bits per heavy atom. The summed E-state index contributed by atoms with van der Waals surface area (Å²) in [7, 11) is -1.56. The predicted molar refractivity (Wildman–Crippen MR) is 104 cm³/mol. The van der Waals surface area contributed by atoms with Crippen molar-refractivity contribution in [2.45, 2.75) is 44.8 Å². The molecule has 0 bridgehead atoms. The van der Waals surface area contributed by atoms with Crippen molar-refractivity contribution in [3.63, 3.8) is 0 Å². The van der Waals surface area contributed by atoms with Crippen LogP contribution in [-0.2, 0) is 22.6 Å². The second-order valence-corrected chi connectivity index (χ2v) is 9.54. The fraction of sp³-hybridized carbons (Fsp3) is 0.750. The molecule has 0 aromatic carbocycles. The first-order valence-corrected chi connectivity index (χ1v) is 11.6. The molecule has 160 valence electrons. The van der Waals surface area contributed by atoms with Gasteiger partial charge in [0.05, 0.1) is 10.8 Å². The van der Waals surface area contributed by atoms with E-state index >= 15 is 0 Å². The van der Waals surface area contributed by atoms with Crippen LogP contribution in [0.5, 0.6) is 0 Å². The zero-order valence-electron chi connectivity index (χ0n) is 15.9. The molecule has 0 unspecified atom stereocenters. The lowest BCUT2D eigenvalue weighted by molar-refractivity contribution is -0.140. The van der Waals surface area contributed by atoms with Gasteiger partial charge in [0, 0.05) is 44.5 Å². The number of alkyl halides is 3. The van der Waals surface area contributed by atoms with Gasteiger partial charge in [-0.25, -0.2) is 17.7 Å². The van der Waals surface area contributed by atoms with Gasteiger partial charge < -0.3 is 10.6 Å². The standard InChI is InChI=1S/C16H26F3N5O2S2/c1-3-10-28(25,26)24-8-5-12(6-9-24)22-15(20-2)21-7-4-14-23-13(11-27-14)16(17,18)19/h11-12H,3-10H2,1-2H3,(H2,20,21,22). The third-order valence-corrected chi connectivity index (χ3v) is 7.33. The van der Waals surface area contributed by atoms with Gasteiger partial charge in [0.15, 0.2) is 11.7 Å². The quantitative estimate of drug-likeness (QED) is 0.500. The molecule has 0 spiro atoms. The number of thiazole rings is 1. The minimum Gasteiger partial charge on any atom is -0.356 e. The van der Waals surface area contributed by atoms with Crippen LogP contribution in [0.25, 0.3) is 0 Å². The van der Waals surface area contributed by atoms with Crippen molar-refractivity contribution in [3.05, 3.63) is 16.1 Å². The minimum absolute atomic E-state index is 0.0935. The number of aliphatic imine (C=N–C) groups is 1. The predicted octanol–water partition coefficient (Wildman–Crippen LogP) is 2.07. The van der Waals surface area contributed by atoms with Gasteiger partial charge in [-0.15, -0.1) is 11.3 Å². The lowest BCUT2D eigenvalue weighted by Gasteiger charge is -2.32. The molecule has 12 heteroatoms. The van der Waals surface area contributed by atoms with E-state index in [0.29, 0.717) is 56.3 Å². The molecular weight excluding hydrogens is 415 g/mol. The van der Waals surface area contributed by atoms with Gasteiger partial charge in [-0.3, -0.25) is 4.99 Å². The largest absolute Gasteiger partial charge is 0.434 e. The van der Waals surface area contributed by atoms with Crippen LogP contribution in [0, 0.1) is 0 Å². The maximum Gasteiger partial charge on any atom is 0.434 e. The number of hydrogen-bond donors (Lipinski definition) is 2. The minimum atomic E-state index is -4.42. The molecule has 1 aliphatic rings. The summed E-state index contributed by atoms with van der Waals surface area (Å²) in [6, 6.07) is 0.0935. The number of nitrogens with zero attached hydrogens (tertiary/aromatic N) is 3. The van der Waals surface area contributed by atoms with E-state index in [9.17, 15) is 21.6 Å². The average molecular weight is 442 g/mol. The number of halogens is 3. The fourth-order valence-electron chi connectivity index (χ4n) is 2.90. The van der Waals surface area contributed by atoms with Gasteiger partial charge in [0.2, 0.25) is 10.0 Å². The molecule has 0 saturated carbocycles. The maximum absolute atomic E-state index is 12.6. The van der Waals surface area contributed by atoms with Crippen LogP contribution in [0.2, 0.25) is 0 Å². The van der Waals surface area contributed by atoms with Crippen LogP contribution in [0.1, 0.15) is 36.9 Å². The number of aromatic nitrogens is 1. The molecule has 1 aromatic rings. The van der Waals surface area contributed by atoms with Crippen molar-refractivity contribution >= 4 is 27.3 Å². The van der Waals surface area contributed by atoms with Crippen LogP contribution in [-0.4, -0.2) is 62.1 Å². The molecular formula is C16H26F3N5O2S2. The fourth-order valence-corrected chi connectivity index (χ4v) is 5.24. The number of guanidine groups is 1. The number of sulfonamides is 1. The van der Waals surface area contributed by atoms with Crippen molar-refractivity contribution in [2.24, 2.45) is 4.99 Å². The van der Waals surface area contributed by atoms with Gasteiger partial charge in [0.25, 0.3) is 0 Å². The molecule has 7 nitrogen and oxygen atoms in total. The number of hydrogen-bond acceptors (Lipinski definition) is 5. The zero-order valence-corrected chi connectivity index (χ0v) is 17.6. The van der Waals surface area contributed by atoms with E-state index < -0.39 is 21.9 Å². The monoisotopic (exact) mass is 441 g/mol. The molecule has 2 N–H and O–H groups in total. The van der Waals surface area contributed by atoms with Gasteiger partial charge in [-0.2, -0.15) is 13.2 Å². The topological polar surface area (TPSA) is 86.7 Å². The molecule has 0 aliphatic carbocycles. The maximum atomic E-state index is 12.6. The summed E-state index contributed by atoms with van der Waals surface area (Å²) in [5, 5.41) is 7.74.